The van der Waals surface area contributed by atoms with Crippen LogP contribution in [-0.4, -0.2) is 76.1 Å². The number of pyridine rings is 1. The first-order valence-corrected chi connectivity index (χ1v) is 9.76. The van der Waals surface area contributed by atoms with Gasteiger partial charge >= 0.3 is 0 Å². The van der Waals surface area contributed by atoms with Crippen LogP contribution in [0.3, 0.4) is 0 Å². The van der Waals surface area contributed by atoms with E-state index < -0.39 is 0 Å². The van der Waals surface area contributed by atoms with Gasteiger partial charge in [0.1, 0.15) is 11.5 Å². The van der Waals surface area contributed by atoms with Gasteiger partial charge in [0.2, 0.25) is 0 Å². The molecule has 1 fully saturated rings. The first kappa shape index (κ1) is 18.8. The zero-order valence-electron chi connectivity index (χ0n) is 16.8. The van der Waals surface area contributed by atoms with Gasteiger partial charge < -0.3 is 9.64 Å². The number of hydrogen-bond donors (Lipinski definition) is 0. The van der Waals surface area contributed by atoms with Gasteiger partial charge in [0.05, 0.1) is 11.1 Å². The summed E-state index contributed by atoms with van der Waals surface area (Å²) in [4.78, 5) is 19.0. The third kappa shape index (κ3) is 3.70. The van der Waals surface area contributed by atoms with E-state index in [0.717, 1.165) is 74.0 Å². The molecule has 1 aliphatic heterocycles. The molecular formula is C20H27N7O. The summed E-state index contributed by atoms with van der Waals surface area (Å²) in [5, 5.41) is 5.63. The van der Waals surface area contributed by atoms with E-state index in [-0.39, 0.29) is 0 Å². The number of nitrogens with zero attached hydrogens (tertiary/aromatic N) is 7. The predicted molar refractivity (Wildman–Crippen MR) is 109 cm³/mol. The van der Waals surface area contributed by atoms with Crippen molar-refractivity contribution in [3.8, 4) is 11.5 Å². The zero-order chi connectivity index (χ0) is 19.5. The maximum absolute atomic E-state index is 5.17. The molecule has 0 saturated carbocycles. The van der Waals surface area contributed by atoms with E-state index in [9.17, 15) is 0 Å². The summed E-state index contributed by atoms with van der Waals surface area (Å²) in [5.41, 5.74) is 2.59. The summed E-state index contributed by atoms with van der Waals surface area (Å²) in [6.45, 7) is 7.84. The van der Waals surface area contributed by atoms with Crippen molar-refractivity contribution in [1.82, 2.24) is 29.6 Å². The molecule has 8 heteroatoms. The minimum absolute atomic E-state index is 0.647. The Bertz CT molecular complexity index is 933. The number of hydrogen-bond acceptors (Lipinski definition) is 7. The highest BCUT2D eigenvalue weighted by Crippen LogP contribution is 2.29. The Morgan fingerprint density at radius 1 is 1.11 bits per heavy atom. The van der Waals surface area contributed by atoms with Crippen LogP contribution in [0.1, 0.15) is 12.1 Å². The van der Waals surface area contributed by atoms with Crippen molar-refractivity contribution in [3.63, 3.8) is 0 Å². The van der Waals surface area contributed by atoms with Gasteiger partial charge in [-0.1, -0.05) is 6.07 Å². The maximum Gasteiger partial charge on any atom is 0.182 e. The molecule has 0 aromatic carbocycles. The second kappa shape index (κ2) is 8.20. The van der Waals surface area contributed by atoms with Crippen LogP contribution in [0.5, 0.6) is 0 Å². The first-order valence-electron chi connectivity index (χ1n) is 9.76. The fourth-order valence-corrected chi connectivity index (χ4v) is 3.77. The van der Waals surface area contributed by atoms with Crippen LogP contribution in [0.2, 0.25) is 0 Å². The Kier molecular flexibility index (Phi) is 5.50. The number of piperazine rings is 1. The van der Waals surface area contributed by atoms with Crippen molar-refractivity contribution in [1.29, 1.82) is 0 Å². The SMILES string of the molecule is COCCCN1CCN(c2nc(-c3ccccn3)nc3c2c(C)nn3C)CC1. The van der Waals surface area contributed by atoms with Crippen molar-refractivity contribution in [2.75, 3.05) is 51.3 Å². The molecule has 0 atom stereocenters. The zero-order valence-corrected chi connectivity index (χ0v) is 16.8. The lowest BCUT2D eigenvalue weighted by Crippen LogP contribution is -2.47. The van der Waals surface area contributed by atoms with Crippen LogP contribution in [0.25, 0.3) is 22.6 Å². The van der Waals surface area contributed by atoms with Gasteiger partial charge in [-0.05, 0) is 25.5 Å². The normalized spacial score (nSPS) is 15.5. The highest BCUT2D eigenvalue weighted by Gasteiger charge is 2.24. The second-order valence-corrected chi connectivity index (χ2v) is 7.17. The Labute approximate surface area is 165 Å². The summed E-state index contributed by atoms with van der Waals surface area (Å²) in [6.07, 6.45) is 2.84. The van der Waals surface area contributed by atoms with Crippen LogP contribution in [0.15, 0.2) is 24.4 Å². The van der Waals surface area contributed by atoms with Crippen molar-refractivity contribution in [2.24, 2.45) is 7.05 Å². The molecule has 0 radical (unpaired) electrons. The average molecular weight is 381 g/mol. The number of methoxy groups -OCH3 is 1. The number of aromatic nitrogens is 5. The highest BCUT2D eigenvalue weighted by atomic mass is 16.5. The number of ether oxygens (including phenoxy) is 1. The summed E-state index contributed by atoms with van der Waals surface area (Å²) in [6, 6.07) is 5.81. The molecule has 28 heavy (non-hydrogen) atoms. The Morgan fingerprint density at radius 2 is 1.93 bits per heavy atom. The number of aryl methyl sites for hydroxylation is 2. The van der Waals surface area contributed by atoms with Gasteiger partial charge in [0.15, 0.2) is 11.5 Å². The molecule has 3 aromatic heterocycles. The number of anilines is 1. The van der Waals surface area contributed by atoms with Gasteiger partial charge in [-0.25, -0.2) is 9.97 Å². The molecule has 3 aromatic rings. The van der Waals surface area contributed by atoms with Crippen molar-refractivity contribution < 1.29 is 4.74 Å². The first-order chi connectivity index (χ1) is 13.7. The van der Waals surface area contributed by atoms with Gasteiger partial charge in [-0.3, -0.25) is 14.6 Å². The van der Waals surface area contributed by atoms with E-state index in [0.29, 0.717) is 5.82 Å². The average Bonchev–Trinajstić information content (AvgIpc) is 3.02. The molecule has 0 N–H and O–H groups in total. The largest absolute Gasteiger partial charge is 0.385 e. The lowest BCUT2D eigenvalue weighted by Gasteiger charge is -2.35. The van der Waals surface area contributed by atoms with Gasteiger partial charge in [0, 0.05) is 59.7 Å². The fourth-order valence-electron chi connectivity index (χ4n) is 3.77. The monoisotopic (exact) mass is 381 g/mol. The van der Waals surface area contributed by atoms with E-state index in [2.05, 4.69) is 19.9 Å². The number of fused-ring (bicyclic) bond motifs is 1. The minimum Gasteiger partial charge on any atom is -0.385 e. The minimum atomic E-state index is 0.647. The summed E-state index contributed by atoms with van der Waals surface area (Å²) in [5.74, 6) is 1.61. The standard InChI is InChI=1S/C20H27N7O/c1-15-17-19(25(2)24-15)22-18(16-7-4-5-8-21-16)23-20(17)27-12-10-26(11-13-27)9-6-14-28-3/h4-5,7-8H,6,9-14H2,1-3H3. The summed E-state index contributed by atoms with van der Waals surface area (Å²) >= 11 is 0. The van der Waals surface area contributed by atoms with Crippen molar-refractivity contribution >= 4 is 16.9 Å². The van der Waals surface area contributed by atoms with E-state index >= 15 is 0 Å². The molecule has 0 amide bonds. The van der Waals surface area contributed by atoms with E-state index in [1.54, 1.807) is 13.3 Å². The molecule has 0 spiro atoms. The predicted octanol–water partition coefficient (Wildman–Crippen LogP) is 1.89. The van der Waals surface area contributed by atoms with Crippen LogP contribution < -0.4 is 4.90 Å². The maximum atomic E-state index is 5.17. The van der Waals surface area contributed by atoms with E-state index in [1.807, 2.05) is 36.9 Å². The lowest BCUT2D eigenvalue weighted by molar-refractivity contribution is 0.169. The molecule has 8 nitrogen and oxygen atoms in total. The Morgan fingerprint density at radius 3 is 2.64 bits per heavy atom. The smallest absolute Gasteiger partial charge is 0.182 e. The lowest BCUT2D eigenvalue weighted by atomic mass is 10.2. The molecule has 0 aliphatic carbocycles. The molecule has 0 bridgehead atoms. The Balaban J connectivity index is 1.65. The highest BCUT2D eigenvalue weighted by molar-refractivity contribution is 5.91. The fraction of sp³-hybridized carbons (Fsp3) is 0.500. The van der Waals surface area contributed by atoms with Crippen LogP contribution >= 0.6 is 0 Å². The van der Waals surface area contributed by atoms with Gasteiger partial charge in [0.25, 0.3) is 0 Å². The molecule has 1 saturated heterocycles. The van der Waals surface area contributed by atoms with Crippen molar-refractivity contribution in [2.45, 2.75) is 13.3 Å². The van der Waals surface area contributed by atoms with Crippen LogP contribution in [0, 0.1) is 6.92 Å². The molecule has 4 rings (SSSR count). The summed E-state index contributed by atoms with van der Waals surface area (Å²) < 4.78 is 7.01. The van der Waals surface area contributed by atoms with E-state index in [4.69, 9.17) is 14.7 Å². The quantitative estimate of drug-likeness (QED) is 0.604. The summed E-state index contributed by atoms with van der Waals surface area (Å²) in [7, 11) is 3.69. The number of rotatable bonds is 6. The van der Waals surface area contributed by atoms with Crippen molar-refractivity contribution in [3.05, 3.63) is 30.1 Å². The molecule has 1 aliphatic rings. The molecule has 4 heterocycles. The third-order valence-corrected chi connectivity index (χ3v) is 5.23. The van der Waals surface area contributed by atoms with E-state index in [1.165, 1.54) is 0 Å². The third-order valence-electron chi connectivity index (χ3n) is 5.23. The van der Waals surface area contributed by atoms with Crippen LogP contribution in [-0.2, 0) is 11.8 Å². The topological polar surface area (TPSA) is 72.2 Å². The molecule has 148 valence electrons. The van der Waals surface area contributed by atoms with Gasteiger partial charge in [-0.15, -0.1) is 0 Å². The van der Waals surface area contributed by atoms with Crippen LogP contribution in [0.4, 0.5) is 5.82 Å². The second-order valence-electron chi connectivity index (χ2n) is 7.17. The molecular weight excluding hydrogens is 354 g/mol. The molecule has 0 unspecified atom stereocenters. The Hall–Kier alpha value is -2.58. The van der Waals surface area contributed by atoms with Gasteiger partial charge in [-0.2, -0.15) is 5.10 Å².